The SMILES string of the molecule is CCC(=O)N(O)c1cc(OC)ccc1COc1ccc(C)cc1C. The van der Waals surface area contributed by atoms with Crippen molar-refractivity contribution < 1.29 is 19.5 Å². The average Bonchev–Trinajstić information content (AvgIpc) is 2.59. The molecule has 0 fully saturated rings. The molecule has 0 saturated carbocycles. The Balaban J connectivity index is 2.27. The summed E-state index contributed by atoms with van der Waals surface area (Å²) in [7, 11) is 1.54. The van der Waals surface area contributed by atoms with Gasteiger partial charge in [0.25, 0.3) is 0 Å². The molecule has 0 unspecified atom stereocenters. The summed E-state index contributed by atoms with van der Waals surface area (Å²) < 4.78 is 11.0. The summed E-state index contributed by atoms with van der Waals surface area (Å²) in [5.74, 6) is 0.938. The Bertz CT molecular complexity index is 727. The van der Waals surface area contributed by atoms with Crippen LogP contribution in [-0.4, -0.2) is 18.2 Å². The number of hydroxylamine groups is 1. The first-order chi connectivity index (χ1) is 11.5. The zero-order valence-corrected chi connectivity index (χ0v) is 14.5. The summed E-state index contributed by atoms with van der Waals surface area (Å²) in [4.78, 5) is 11.8. The number of methoxy groups -OCH3 is 1. The number of ether oxygens (including phenoxy) is 2. The van der Waals surface area contributed by atoms with Gasteiger partial charge in [-0.15, -0.1) is 0 Å². The van der Waals surface area contributed by atoms with E-state index < -0.39 is 5.91 Å². The Kier molecular flexibility index (Phi) is 5.82. The van der Waals surface area contributed by atoms with Crippen molar-refractivity contribution in [1.29, 1.82) is 0 Å². The second-order valence-corrected chi connectivity index (χ2v) is 5.61. The van der Waals surface area contributed by atoms with Crippen LogP contribution < -0.4 is 14.5 Å². The van der Waals surface area contributed by atoms with E-state index in [0.717, 1.165) is 11.3 Å². The zero-order chi connectivity index (χ0) is 17.7. The van der Waals surface area contributed by atoms with Crippen LogP contribution in [0.4, 0.5) is 5.69 Å². The fourth-order valence-electron chi connectivity index (χ4n) is 2.39. The third-order valence-corrected chi connectivity index (χ3v) is 3.77. The number of amides is 1. The van der Waals surface area contributed by atoms with Gasteiger partial charge in [0.1, 0.15) is 18.1 Å². The van der Waals surface area contributed by atoms with Gasteiger partial charge < -0.3 is 9.47 Å². The Morgan fingerprint density at radius 3 is 2.54 bits per heavy atom. The topological polar surface area (TPSA) is 59.0 Å². The van der Waals surface area contributed by atoms with Gasteiger partial charge in [-0.05, 0) is 37.6 Å². The maximum absolute atomic E-state index is 11.8. The molecule has 0 aliphatic carbocycles. The van der Waals surface area contributed by atoms with Crippen molar-refractivity contribution in [3.63, 3.8) is 0 Å². The third kappa shape index (κ3) is 4.06. The molecule has 2 rings (SSSR count). The largest absolute Gasteiger partial charge is 0.497 e. The molecule has 0 spiro atoms. The molecule has 0 aliphatic heterocycles. The van der Waals surface area contributed by atoms with Crippen LogP contribution in [0.15, 0.2) is 36.4 Å². The predicted octanol–water partition coefficient (Wildman–Crippen LogP) is 4.02. The average molecular weight is 329 g/mol. The van der Waals surface area contributed by atoms with Gasteiger partial charge in [0, 0.05) is 18.1 Å². The third-order valence-electron chi connectivity index (χ3n) is 3.77. The number of anilines is 1. The van der Waals surface area contributed by atoms with Crippen LogP contribution in [0.2, 0.25) is 0 Å². The molecule has 2 aromatic carbocycles. The van der Waals surface area contributed by atoms with Crippen molar-refractivity contribution in [3.05, 3.63) is 53.1 Å². The van der Waals surface area contributed by atoms with Gasteiger partial charge in [0.05, 0.1) is 12.8 Å². The Morgan fingerprint density at radius 1 is 1.17 bits per heavy atom. The van der Waals surface area contributed by atoms with E-state index in [1.807, 2.05) is 32.0 Å². The Labute approximate surface area is 142 Å². The standard InChI is InChI=1S/C19H23NO4/c1-5-19(21)20(22)17-11-16(23-4)8-7-15(17)12-24-18-9-6-13(2)10-14(18)3/h6-11,22H,5,12H2,1-4H3. The van der Waals surface area contributed by atoms with E-state index in [-0.39, 0.29) is 13.0 Å². The molecule has 1 N–H and O–H groups in total. The second kappa shape index (κ2) is 7.84. The fourth-order valence-corrected chi connectivity index (χ4v) is 2.39. The molecule has 0 bridgehead atoms. The second-order valence-electron chi connectivity index (χ2n) is 5.61. The summed E-state index contributed by atoms with van der Waals surface area (Å²) in [6, 6.07) is 11.1. The fraction of sp³-hybridized carbons (Fsp3) is 0.316. The molecule has 0 aromatic heterocycles. The van der Waals surface area contributed by atoms with Gasteiger partial charge in [0.15, 0.2) is 0 Å². The Morgan fingerprint density at radius 2 is 1.92 bits per heavy atom. The lowest BCUT2D eigenvalue weighted by molar-refractivity contribution is -0.123. The van der Waals surface area contributed by atoms with Crippen molar-refractivity contribution in [1.82, 2.24) is 0 Å². The summed E-state index contributed by atoms with van der Waals surface area (Å²) in [6.45, 7) is 5.93. The smallest absolute Gasteiger partial charge is 0.250 e. The van der Waals surface area contributed by atoms with Crippen LogP contribution in [0, 0.1) is 13.8 Å². The van der Waals surface area contributed by atoms with Crippen LogP contribution in [0.5, 0.6) is 11.5 Å². The first-order valence-electron chi connectivity index (χ1n) is 7.85. The van der Waals surface area contributed by atoms with E-state index in [9.17, 15) is 10.0 Å². The molecule has 5 heteroatoms. The highest BCUT2D eigenvalue weighted by Crippen LogP contribution is 2.28. The van der Waals surface area contributed by atoms with Crippen LogP contribution in [-0.2, 0) is 11.4 Å². The molecule has 0 radical (unpaired) electrons. The van der Waals surface area contributed by atoms with Gasteiger partial charge in [-0.2, -0.15) is 5.06 Å². The summed E-state index contributed by atoms with van der Waals surface area (Å²) in [5, 5.41) is 10.8. The highest BCUT2D eigenvalue weighted by atomic mass is 16.5. The quantitative estimate of drug-likeness (QED) is 0.642. The number of rotatable bonds is 6. The minimum absolute atomic E-state index is 0.199. The predicted molar refractivity (Wildman–Crippen MR) is 92.8 cm³/mol. The molecule has 24 heavy (non-hydrogen) atoms. The normalized spacial score (nSPS) is 10.4. The van der Waals surface area contributed by atoms with Crippen LogP contribution in [0.3, 0.4) is 0 Å². The first kappa shape index (κ1) is 17.8. The van der Waals surface area contributed by atoms with Crippen LogP contribution in [0.25, 0.3) is 0 Å². The van der Waals surface area contributed by atoms with Crippen LogP contribution >= 0.6 is 0 Å². The number of benzene rings is 2. The monoisotopic (exact) mass is 329 g/mol. The van der Waals surface area contributed by atoms with Gasteiger partial charge in [-0.3, -0.25) is 10.0 Å². The van der Waals surface area contributed by atoms with E-state index in [4.69, 9.17) is 9.47 Å². The molecular weight excluding hydrogens is 306 g/mol. The minimum atomic E-state index is -0.393. The molecule has 128 valence electrons. The lowest BCUT2D eigenvalue weighted by Gasteiger charge is -2.19. The van der Waals surface area contributed by atoms with Crippen molar-refractivity contribution in [2.75, 3.05) is 12.2 Å². The van der Waals surface area contributed by atoms with Crippen LogP contribution in [0.1, 0.15) is 30.0 Å². The lowest BCUT2D eigenvalue weighted by Crippen LogP contribution is -2.27. The first-order valence-corrected chi connectivity index (χ1v) is 7.85. The van der Waals surface area contributed by atoms with E-state index in [1.54, 1.807) is 25.1 Å². The van der Waals surface area contributed by atoms with E-state index in [1.165, 1.54) is 12.7 Å². The van der Waals surface area contributed by atoms with E-state index >= 15 is 0 Å². The number of carbonyl (C=O) groups excluding carboxylic acids is 1. The lowest BCUT2D eigenvalue weighted by atomic mass is 10.1. The van der Waals surface area contributed by atoms with Crippen molar-refractivity contribution in [3.8, 4) is 11.5 Å². The Hall–Kier alpha value is -2.53. The van der Waals surface area contributed by atoms with Gasteiger partial charge in [0.2, 0.25) is 5.91 Å². The number of carbonyl (C=O) groups is 1. The maximum Gasteiger partial charge on any atom is 0.250 e. The minimum Gasteiger partial charge on any atom is -0.497 e. The molecule has 0 heterocycles. The molecular formula is C19H23NO4. The number of aryl methyl sites for hydroxylation is 2. The molecule has 0 atom stereocenters. The zero-order valence-electron chi connectivity index (χ0n) is 14.5. The summed E-state index contributed by atoms with van der Waals surface area (Å²) in [5.41, 5.74) is 3.27. The van der Waals surface area contributed by atoms with Crippen molar-refractivity contribution in [2.24, 2.45) is 0 Å². The molecule has 1 amide bonds. The van der Waals surface area contributed by atoms with Gasteiger partial charge in [-0.25, -0.2) is 0 Å². The number of hydrogen-bond acceptors (Lipinski definition) is 4. The highest BCUT2D eigenvalue weighted by molar-refractivity contribution is 5.91. The van der Waals surface area contributed by atoms with Gasteiger partial charge >= 0.3 is 0 Å². The van der Waals surface area contributed by atoms with Gasteiger partial charge in [-0.1, -0.05) is 24.6 Å². The number of nitrogens with zero attached hydrogens (tertiary/aromatic N) is 1. The van der Waals surface area contributed by atoms with Crippen molar-refractivity contribution >= 4 is 11.6 Å². The molecule has 5 nitrogen and oxygen atoms in total. The van der Waals surface area contributed by atoms with E-state index in [2.05, 4.69) is 0 Å². The highest BCUT2D eigenvalue weighted by Gasteiger charge is 2.17. The van der Waals surface area contributed by atoms with Crippen molar-refractivity contribution in [2.45, 2.75) is 33.8 Å². The summed E-state index contributed by atoms with van der Waals surface area (Å²) in [6.07, 6.45) is 0.199. The molecule has 0 saturated heterocycles. The molecule has 2 aromatic rings. The summed E-state index contributed by atoms with van der Waals surface area (Å²) >= 11 is 0. The van der Waals surface area contributed by atoms with E-state index in [0.29, 0.717) is 22.1 Å². The maximum atomic E-state index is 11.8. The number of hydrogen-bond donors (Lipinski definition) is 1. The molecule has 0 aliphatic rings.